The van der Waals surface area contributed by atoms with Crippen molar-refractivity contribution in [3.8, 4) is 0 Å². The number of hydrogen-bond acceptors (Lipinski definition) is 3. The highest BCUT2D eigenvalue weighted by molar-refractivity contribution is 7.19. The molecule has 1 saturated carbocycles. The fourth-order valence-corrected chi connectivity index (χ4v) is 3.87. The van der Waals surface area contributed by atoms with E-state index in [4.69, 9.17) is 9.64 Å². The molecule has 0 spiro atoms. The number of benzene rings is 1. The van der Waals surface area contributed by atoms with E-state index in [9.17, 15) is 0 Å². The number of nitrogens with zero attached hydrogens (tertiary/aromatic N) is 1. The van der Waals surface area contributed by atoms with E-state index in [2.05, 4.69) is 65.4 Å². The Kier molecular flexibility index (Phi) is 4.26. The van der Waals surface area contributed by atoms with Gasteiger partial charge in [-0.05, 0) is 51.2 Å². The lowest BCUT2D eigenvalue weighted by Gasteiger charge is -2.39. The summed E-state index contributed by atoms with van der Waals surface area (Å²) in [4.78, 5) is 8.36. The first-order valence-corrected chi connectivity index (χ1v) is 9.86. The standard InChI is InChI=1S/C19H28BN3OP/c1-18(2,19(3,4)25)24-20-12-6-8-14-15(10-12)23-17(22-14)16-11-5-7-13(9-11)21-16/h6,8,10-11,13,16,21H,5,7,9,25H2,1-4H3,(H,22,23). The van der Waals surface area contributed by atoms with Crippen LogP contribution >= 0.6 is 9.24 Å². The predicted octanol–water partition coefficient (Wildman–Crippen LogP) is 3.07. The second kappa shape index (κ2) is 6.08. The zero-order valence-electron chi connectivity index (χ0n) is 15.6. The number of hydrogen-bond donors (Lipinski definition) is 2. The van der Waals surface area contributed by atoms with Gasteiger partial charge in [-0.2, -0.15) is 0 Å². The molecule has 4 rings (SSSR count). The van der Waals surface area contributed by atoms with Gasteiger partial charge in [-0.25, -0.2) is 4.98 Å². The Balaban J connectivity index is 1.51. The van der Waals surface area contributed by atoms with Gasteiger partial charge in [0.1, 0.15) is 5.82 Å². The van der Waals surface area contributed by atoms with Gasteiger partial charge in [0.05, 0.1) is 22.7 Å². The molecular weight excluding hydrogens is 328 g/mol. The zero-order chi connectivity index (χ0) is 17.8. The van der Waals surface area contributed by atoms with Crippen LogP contribution in [-0.4, -0.2) is 34.2 Å². The van der Waals surface area contributed by atoms with Gasteiger partial charge in [0, 0.05) is 11.2 Å². The molecule has 1 aliphatic heterocycles. The van der Waals surface area contributed by atoms with Gasteiger partial charge in [-0.15, -0.1) is 9.24 Å². The first-order valence-electron chi connectivity index (χ1n) is 9.28. The van der Waals surface area contributed by atoms with Crippen molar-refractivity contribution in [2.75, 3.05) is 0 Å². The van der Waals surface area contributed by atoms with E-state index >= 15 is 0 Å². The van der Waals surface area contributed by atoms with Crippen molar-refractivity contribution in [2.24, 2.45) is 5.92 Å². The number of piperidine rings is 1. The van der Waals surface area contributed by atoms with Crippen LogP contribution in [0.25, 0.3) is 11.0 Å². The molecule has 4 unspecified atom stereocenters. The summed E-state index contributed by atoms with van der Waals surface area (Å²) in [5.41, 5.74) is 2.91. The molecule has 2 aromatic rings. The highest BCUT2D eigenvalue weighted by atomic mass is 31.0. The molecule has 4 atom stereocenters. The molecule has 1 aliphatic carbocycles. The minimum atomic E-state index is -0.265. The number of imidazole rings is 1. The Morgan fingerprint density at radius 1 is 1.24 bits per heavy atom. The lowest BCUT2D eigenvalue weighted by Crippen LogP contribution is -2.45. The quantitative estimate of drug-likeness (QED) is 0.640. The monoisotopic (exact) mass is 356 g/mol. The second-order valence-corrected chi connectivity index (χ2v) is 10.2. The van der Waals surface area contributed by atoms with E-state index in [1.807, 2.05) is 7.48 Å². The summed E-state index contributed by atoms with van der Waals surface area (Å²) in [6, 6.07) is 7.37. The smallest absolute Gasteiger partial charge is 0.330 e. The molecule has 1 aromatic heterocycles. The minimum absolute atomic E-state index is 0.0117. The average Bonchev–Trinajstić information content (AvgIpc) is 3.25. The third-order valence-electron chi connectivity index (χ3n) is 6.22. The van der Waals surface area contributed by atoms with Crippen LogP contribution in [-0.2, 0) is 4.65 Å². The Hall–Kier alpha value is -0.895. The van der Waals surface area contributed by atoms with Crippen molar-refractivity contribution in [3.05, 3.63) is 24.0 Å². The van der Waals surface area contributed by atoms with Crippen molar-refractivity contribution < 1.29 is 4.65 Å². The fourth-order valence-electron chi connectivity index (χ4n) is 3.80. The second-order valence-electron chi connectivity index (χ2n) is 8.78. The van der Waals surface area contributed by atoms with Gasteiger partial charge in [0.15, 0.2) is 0 Å². The summed E-state index contributed by atoms with van der Waals surface area (Å²) in [5.74, 6) is 1.83. The van der Waals surface area contributed by atoms with Crippen molar-refractivity contribution in [1.82, 2.24) is 15.3 Å². The number of nitrogens with one attached hydrogen (secondary N) is 2. The van der Waals surface area contributed by atoms with E-state index in [1.165, 1.54) is 19.3 Å². The van der Waals surface area contributed by atoms with Crippen molar-refractivity contribution >= 4 is 33.2 Å². The third kappa shape index (κ3) is 3.27. The first-order chi connectivity index (χ1) is 11.7. The first kappa shape index (κ1) is 17.5. The van der Waals surface area contributed by atoms with Crippen LogP contribution in [0.15, 0.2) is 18.2 Å². The summed E-state index contributed by atoms with van der Waals surface area (Å²) in [6.07, 6.45) is 3.94. The number of aromatic nitrogens is 2. The van der Waals surface area contributed by atoms with Crippen LogP contribution < -0.4 is 10.8 Å². The largest absolute Gasteiger partial charge is 0.429 e. The predicted molar refractivity (Wildman–Crippen MR) is 107 cm³/mol. The topological polar surface area (TPSA) is 49.9 Å². The SMILES string of the molecule is CC(C)(P)C(C)(C)O[B]c1ccc2nc(C3NC4CCC3C4)[nH]c2c1. The number of aromatic amines is 1. The molecule has 2 bridgehead atoms. The van der Waals surface area contributed by atoms with Crippen molar-refractivity contribution in [3.63, 3.8) is 0 Å². The molecule has 25 heavy (non-hydrogen) atoms. The molecule has 6 heteroatoms. The number of H-pyrrole nitrogens is 1. The molecule has 1 aromatic carbocycles. The summed E-state index contributed by atoms with van der Waals surface area (Å²) >= 11 is 0. The van der Waals surface area contributed by atoms with Crippen LogP contribution in [0.5, 0.6) is 0 Å². The maximum atomic E-state index is 6.08. The van der Waals surface area contributed by atoms with Gasteiger partial charge in [0.2, 0.25) is 0 Å². The van der Waals surface area contributed by atoms with Crippen LogP contribution in [0.4, 0.5) is 0 Å². The Morgan fingerprint density at radius 3 is 2.68 bits per heavy atom. The summed E-state index contributed by atoms with van der Waals surface area (Å²) in [7, 11) is 4.73. The van der Waals surface area contributed by atoms with Gasteiger partial charge in [-0.1, -0.05) is 25.4 Å². The van der Waals surface area contributed by atoms with E-state index in [0.717, 1.165) is 28.2 Å². The van der Waals surface area contributed by atoms with E-state index in [-0.39, 0.29) is 10.8 Å². The number of rotatable bonds is 5. The van der Waals surface area contributed by atoms with Crippen molar-refractivity contribution in [1.29, 1.82) is 0 Å². The molecule has 2 N–H and O–H groups in total. The summed E-state index contributed by atoms with van der Waals surface area (Å²) in [6.45, 7) is 8.56. The van der Waals surface area contributed by atoms with Gasteiger partial charge in [-0.3, -0.25) is 0 Å². The van der Waals surface area contributed by atoms with Gasteiger partial charge < -0.3 is 15.0 Å². The minimum Gasteiger partial charge on any atom is -0.429 e. The summed E-state index contributed by atoms with van der Waals surface area (Å²) < 4.78 is 6.08. The lowest BCUT2D eigenvalue weighted by atomic mass is 9.84. The fraction of sp³-hybridized carbons (Fsp3) is 0.632. The molecule has 2 heterocycles. The average molecular weight is 356 g/mol. The zero-order valence-corrected chi connectivity index (χ0v) is 16.8. The lowest BCUT2D eigenvalue weighted by molar-refractivity contribution is 0.0841. The maximum Gasteiger partial charge on any atom is 0.330 e. The Bertz CT molecular complexity index is 783. The molecule has 2 fully saturated rings. The van der Waals surface area contributed by atoms with Crippen LogP contribution in [0.2, 0.25) is 0 Å². The maximum absolute atomic E-state index is 6.08. The third-order valence-corrected chi connectivity index (χ3v) is 6.92. The molecule has 133 valence electrons. The number of fused-ring (bicyclic) bond motifs is 3. The van der Waals surface area contributed by atoms with Crippen LogP contribution in [0.3, 0.4) is 0 Å². The molecular formula is C19H28BN3OP. The van der Waals surface area contributed by atoms with E-state index in [1.54, 1.807) is 0 Å². The van der Waals surface area contributed by atoms with Crippen LogP contribution in [0.1, 0.15) is 58.8 Å². The highest BCUT2D eigenvalue weighted by Crippen LogP contribution is 2.42. The Labute approximate surface area is 153 Å². The van der Waals surface area contributed by atoms with Crippen LogP contribution in [0, 0.1) is 5.92 Å². The van der Waals surface area contributed by atoms with E-state index in [0.29, 0.717) is 12.1 Å². The Morgan fingerprint density at radius 2 is 2.04 bits per heavy atom. The normalized spacial score (nSPS) is 26.5. The molecule has 4 nitrogen and oxygen atoms in total. The van der Waals surface area contributed by atoms with E-state index < -0.39 is 0 Å². The van der Waals surface area contributed by atoms with Gasteiger partial charge >= 0.3 is 7.48 Å². The molecule has 2 aliphatic rings. The summed E-state index contributed by atoms with van der Waals surface area (Å²) in [5, 5.41) is 3.70. The van der Waals surface area contributed by atoms with Gasteiger partial charge in [0.25, 0.3) is 0 Å². The molecule has 1 radical (unpaired) electrons. The molecule has 0 amide bonds. The highest BCUT2D eigenvalue weighted by Gasteiger charge is 2.41. The van der Waals surface area contributed by atoms with Crippen molar-refractivity contribution in [2.45, 2.75) is 69.8 Å². The molecule has 1 saturated heterocycles.